The van der Waals surface area contributed by atoms with Crippen LogP contribution in [0, 0.1) is 0 Å². The molecule has 1 aliphatic carbocycles. The van der Waals surface area contributed by atoms with Crippen molar-refractivity contribution in [3.63, 3.8) is 0 Å². The number of rotatable bonds is 3. The number of Topliss-reactive ketones (excluding diaryl/α,β-unsaturated/α-hetero) is 1. The van der Waals surface area contributed by atoms with Crippen LogP contribution < -0.4 is 0 Å². The molecule has 6 heteroatoms. The van der Waals surface area contributed by atoms with E-state index in [0.29, 0.717) is 5.57 Å². The lowest BCUT2D eigenvalue weighted by Crippen LogP contribution is -2.51. The van der Waals surface area contributed by atoms with Crippen molar-refractivity contribution in [1.82, 2.24) is 0 Å². The molecule has 0 saturated carbocycles. The number of aliphatic hydroxyl groups is 4. The molecule has 0 aromatic rings. The van der Waals surface area contributed by atoms with Crippen LogP contribution >= 0.6 is 0 Å². The van der Waals surface area contributed by atoms with Crippen molar-refractivity contribution in [2.75, 3.05) is 0 Å². The summed E-state index contributed by atoms with van der Waals surface area (Å²) in [4.78, 5) is 12.1. The van der Waals surface area contributed by atoms with Gasteiger partial charge in [-0.1, -0.05) is 12.2 Å². The minimum Gasteiger partial charge on any atom is -0.494 e. The number of hydrogen-bond acceptors (Lipinski definition) is 6. The third-order valence-corrected chi connectivity index (χ3v) is 3.89. The quantitative estimate of drug-likeness (QED) is 0.527. The highest BCUT2D eigenvalue weighted by molar-refractivity contribution is 6.06. The molecule has 0 radical (unpaired) electrons. The number of fused-ring (bicyclic) bond motifs is 1. The van der Waals surface area contributed by atoms with Crippen molar-refractivity contribution in [3.05, 3.63) is 35.6 Å². The standard InChI is InChI=1S/C15H20O6/c1-3-4-10(16)13(18)11-5-8-6-12(17)15(2,20)14(19)9(8)7-21-11/h3-4,6-7,10-13,16-18,20H,5H2,1-2H3. The van der Waals surface area contributed by atoms with Crippen LogP contribution in [0.5, 0.6) is 0 Å². The second-order valence-electron chi connectivity index (χ2n) is 5.53. The highest BCUT2D eigenvalue weighted by Crippen LogP contribution is 2.35. The fourth-order valence-corrected chi connectivity index (χ4v) is 2.46. The summed E-state index contributed by atoms with van der Waals surface area (Å²) in [7, 11) is 0. The van der Waals surface area contributed by atoms with Gasteiger partial charge in [0.15, 0.2) is 11.4 Å². The Balaban J connectivity index is 2.22. The van der Waals surface area contributed by atoms with E-state index in [1.165, 1.54) is 25.3 Å². The molecule has 1 aliphatic heterocycles. The molecule has 0 spiro atoms. The van der Waals surface area contributed by atoms with E-state index in [1.54, 1.807) is 13.0 Å². The van der Waals surface area contributed by atoms with Crippen molar-refractivity contribution in [3.8, 4) is 0 Å². The lowest BCUT2D eigenvalue weighted by Gasteiger charge is -2.37. The summed E-state index contributed by atoms with van der Waals surface area (Å²) in [5.41, 5.74) is -1.19. The first-order chi connectivity index (χ1) is 9.78. The highest BCUT2D eigenvalue weighted by Gasteiger charge is 2.46. The Labute approximate surface area is 122 Å². The SMILES string of the molecule is CC=CC(O)C(O)C1CC2=CC(O)C(C)(O)C(=O)C2=CO1. The Morgan fingerprint density at radius 3 is 2.76 bits per heavy atom. The van der Waals surface area contributed by atoms with E-state index in [4.69, 9.17) is 4.74 Å². The van der Waals surface area contributed by atoms with Crippen LogP contribution in [0.25, 0.3) is 0 Å². The third kappa shape index (κ3) is 2.80. The number of carbonyl (C=O) groups is 1. The average molecular weight is 296 g/mol. The number of carbonyl (C=O) groups excluding carboxylic acids is 1. The van der Waals surface area contributed by atoms with Gasteiger partial charge in [0.1, 0.15) is 24.4 Å². The smallest absolute Gasteiger partial charge is 0.200 e. The first-order valence-electron chi connectivity index (χ1n) is 6.80. The lowest BCUT2D eigenvalue weighted by molar-refractivity contribution is -0.141. The normalized spacial score (nSPS) is 35.6. The van der Waals surface area contributed by atoms with E-state index in [-0.39, 0.29) is 12.0 Å². The molecule has 0 amide bonds. The monoisotopic (exact) mass is 296 g/mol. The van der Waals surface area contributed by atoms with Gasteiger partial charge in [0, 0.05) is 6.42 Å². The molecule has 6 nitrogen and oxygen atoms in total. The first-order valence-corrected chi connectivity index (χ1v) is 6.80. The van der Waals surface area contributed by atoms with Crippen LogP contribution in [-0.4, -0.2) is 56.2 Å². The van der Waals surface area contributed by atoms with Gasteiger partial charge in [-0.25, -0.2) is 0 Å². The number of ketones is 1. The molecule has 2 aliphatic rings. The molecule has 5 unspecified atom stereocenters. The lowest BCUT2D eigenvalue weighted by atomic mass is 9.77. The molecule has 4 N–H and O–H groups in total. The minimum absolute atomic E-state index is 0.167. The molecule has 0 bridgehead atoms. The van der Waals surface area contributed by atoms with Crippen LogP contribution in [-0.2, 0) is 9.53 Å². The van der Waals surface area contributed by atoms with Gasteiger partial charge in [-0.2, -0.15) is 0 Å². The fraction of sp³-hybridized carbons (Fsp3) is 0.533. The summed E-state index contributed by atoms with van der Waals surface area (Å²) in [5, 5.41) is 39.5. The molecule has 0 aromatic heterocycles. The topological polar surface area (TPSA) is 107 Å². The van der Waals surface area contributed by atoms with E-state index in [1.807, 2.05) is 0 Å². The van der Waals surface area contributed by atoms with E-state index >= 15 is 0 Å². The number of ether oxygens (including phenoxy) is 1. The Kier molecular flexibility index (Phi) is 4.34. The summed E-state index contributed by atoms with van der Waals surface area (Å²) >= 11 is 0. The predicted octanol–water partition coefficient (Wildman–Crippen LogP) is -0.422. The summed E-state index contributed by atoms with van der Waals surface area (Å²) in [6.45, 7) is 2.96. The Morgan fingerprint density at radius 1 is 1.48 bits per heavy atom. The first kappa shape index (κ1) is 15.9. The summed E-state index contributed by atoms with van der Waals surface area (Å²) in [6.07, 6.45) is 1.50. The Hall–Kier alpha value is -1.47. The zero-order valence-corrected chi connectivity index (χ0v) is 11.9. The van der Waals surface area contributed by atoms with Gasteiger partial charge in [-0.05, 0) is 25.5 Å². The van der Waals surface area contributed by atoms with E-state index < -0.39 is 35.8 Å². The molecule has 1 heterocycles. The molecular formula is C15H20O6. The number of hydrogen-bond donors (Lipinski definition) is 4. The third-order valence-electron chi connectivity index (χ3n) is 3.89. The largest absolute Gasteiger partial charge is 0.494 e. The molecule has 0 fully saturated rings. The molecule has 2 rings (SSSR count). The second kappa shape index (κ2) is 5.73. The second-order valence-corrected chi connectivity index (χ2v) is 5.53. The maximum Gasteiger partial charge on any atom is 0.200 e. The number of allylic oxidation sites excluding steroid dienone is 1. The molecule has 0 aromatic carbocycles. The summed E-state index contributed by atoms with van der Waals surface area (Å²) in [6, 6.07) is 0. The van der Waals surface area contributed by atoms with Crippen molar-refractivity contribution in [2.24, 2.45) is 0 Å². The average Bonchev–Trinajstić information content (AvgIpc) is 2.44. The zero-order valence-electron chi connectivity index (χ0n) is 11.9. The van der Waals surface area contributed by atoms with Crippen molar-refractivity contribution >= 4 is 5.78 Å². The van der Waals surface area contributed by atoms with Gasteiger partial charge in [0.25, 0.3) is 0 Å². The maximum atomic E-state index is 12.1. The molecule has 5 atom stereocenters. The summed E-state index contributed by atoms with van der Waals surface area (Å²) in [5.74, 6) is -0.616. The van der Waals surface area contributed by atoms with Crippen molar-refractivity contribution in [1.29, 1.82) is 0 Å². The van der Waals surface area contributed by atoms with Gasteiger partial charge >= 0.3 is 0 Å². The molecule has 21 heavy (non-hydrogen) atoms. The van der Waals surface area contributed by atoms with Gasteiger partial charge in [-0.3, -0.25) is 4.79 Å². The van der Waals surface area contributed by atoms with Crippen LogP contribution in [0.2, 0.25) is 0 Å². The van der Waals surface area contributed by atoms with Crippen LogP contribution in [0.3, 0.4) is 0 Å². The van der Waals surface area contributed by atoms with Crippen molar-refractivity contribution < 1.29 is 30.0 Å². The van der Waals surface area contributed by atoms with Crippen LogP contribution in [0.4, 0.5) is 0 Å². The molecule has 116 valence electrons. The fourth-order valence-electron chi connectivity index (χ4n) is 2.46. The molecule has 0 saturated heterocycles. The minimum atomic E-state index is -1.88. The maximum absolute atomic E-state index is 12.1. The highest BCUT2D eigenvalue weighted by atomic mass is 16.5. The Bertz CT molecular complexity index is 516. The van der Waals surface area contributed by atoms with Gasteiger partial charge in [-0.15, -0.1) is 0 Å². The Morgan fingerprint density at radius 2 is 2.14 bits per heavy atom. The van der Waals surface area contributed by atoms with E-state index in [9.17, 15) is 25.2 Å². The van der Waals surface area contributed by atoms with E-state index in [0.717, 1.165) is 0 Å². The van der Waals surface area contributed by atoms with E-state index in [2.05, 4.69) is 0 Å². The van der Waals surface area contributed by atoms with Crippen LogP contribution in [0.15, 0.2) is 35.6 Å². The molecular weight excluding hydrogens is 276 g/mol. The van der Waals surface area contributed by atoms with Crippen molar-refractivity contribution in [2.45, 2.75) is 50.3 Å². The van der Waals surface area contributed by atoms with Gasteiger partial charge < -0.3 is 25.2 Å². The number of aliphatic hydroxyl groups excluding tert-OH is 3. The van der Waals surface area contributed by atoms with Gasteiger partial charge in [0.2, 0.25) is 0 Å². The summed E-state index contributed by atoms with van der Waals surface area (Å²) < 4.78 is 5.32. The zero-order chi connectivity index (χ0) is 15.8. The van der Waals surface area contributed by atoms with Gasteiger partial charge in [0.05, 0.1) is 11.8 Å². The van der Waals surface area contributed by atoms with Crippen LogP contribution in [0.1, 0.15) is 20.3 Å². The predicted molar refractivity (Wildman–Crippen MR) is 74.1 cm³/mol.